The number of hydrogen-bond donors (Lipinski definition) is 0. The van der Waals surface area contributed by atoms with E-state index in [1.165, 1.54) is 19.0 Å². The van der Waals surface area contributed by atoms with Crippen molar-refractivity contribution in [2.75, 3.05) is 6.16 Å². The minimum absolute atomic E-state index is 0.951. The standard InChI is InChI=1S/C8H13P/c9-5-8-4-6-1-2-7(8)3-6/h1-2,6-8H,3-5,9H2/t6?,7?,8-/m0/s1. The Kier molecular flexibility index (Phi) is 1.38. The zero-order valence-corrected chi connectivity index (χ0v) is 6.74. The molecule has 4 atom stereocenters. The minimum Gasteiger partial charge on any atom is -0.137 e. The van der Waals surface area contributed by atoms with Crippen molar-refractivity contribution in [1.29, 1.82) is 0 Å². The molecule has 0 aliphatic heterocycles. The van der Waals surface area contributed by atoms with Crippen molar-refractivity contribution in [3.63, 3.8) is 0 Å². The lowest BCUT2D eigenvalue weighted by molar-refractivity contribution is 0.502. The second-order valence-electron chi connectivity index (χ2n) is 3.28. The summed E-state index contributed by atoms with van der Waals surface area (Å²) < 4.78 is 0. The van der Waals surface area contributed by atoms with Crippen LogP contribution < -0.4 is 0 Å². The summed E-state index contributed by atoms with van der Waals surface area (Å²) in [7, 11) is 2.86. The molecule has 0 spiro atoms. The molecule has 0 N–H and O–H groups in total. The van der Waals surface area contributed by atoms with Crippen molar-refractivity contribution in [2.24, 2.45) is 17.8 Å². The average Bonchev–Trinajstić information content (AvgIpc) is 2.45. The van der Waals surface area contributed by atoms with Crippen LogP contribution in [0, 0.1) is 17.8 Å². The first kappa shape index (κ1) is 5.92. The molecule has 2 aliphatic rings. The molecule has 0 aromatic heterocycles. The second kappa shape index (κ2) is 2.09. The van der Waals surface area contributed by atoms with Gasteiger partial charge in [0.05, 0.1) is 0 Å². The third-order valence-electron chi connectivity index (χ3n) is 2.72. The molecule has 2 bridgehead atoms. The van der Waals surface area contributed by atoms with E-state index in [1.54, 1.807) is 0 Å². The first-order valence-corrected chi connectivity index (χ1v) is 4.60. The van der Waals surface area contributed by atoms with Crippen LogP contribution >= 0.6 is 9.24 Å². The van der Waals surface area contributed by atoms with Crippen LogP contribution in [-0.4, -0.2) is 6.16 Å². The van der Waals surface area contributed by atoms with Gasteiger partial charge in [0, 0.05) is 0 Å². The molecule has 50 valence electrons. The highest BCUT2D eigenvalue weighted by molar-refractivity contribution is 7.16. The van der Waals surface area contributed by atoms with Gasteiger partial charge < -0.3 is 0 Å². The topological polar surface area (TPSA) is 0 Å². The molecule has 0 amide bonds. The fourth-order valence-corrected chi connectivity index (χ4v) is 2.71. The van der Waals surface area contributed by atoms with Crippen LogP contribution in [0.2, 0.25) is 0 Å². The van der Waals surface area contributed by atoms with E-state index in [2.05, 4.69) is 21.4 Å². The molecule has 0 aromatic rings. The van der Waals surface area contributed by atoms with Crippen molar-refractivity contribution >= 4 is 9.24 Å². The summed E-state index contributed by atoms with van der Waals surface area (Å²) in [4.78, 5) is 0. The molecule has 3 unspecified atom stereocenters. The van der Waals surface area contributed by atoms with Crippen LogP contribution in [0.4, 0.5) is 0 Å². The van der Waals surface area contributed by atoms with Crippen LogP contribution in [0.5, 0.6) is 0 Å². The Balaban J connectivity index is 2.10. The highest BCUT2D eigenvalue weighted by Crippen LogP contribution is 2.43. The van der Waals surface area contributed by atoms with Gasteiger partial charge in [0.1, 0.15) is 0 Å². The monoisotopic (exact) mass is 140 g/mol. The highest BCUT2D eigenvalue weighted by atomic mass is 31.0. The first-order valence-electron chi connectivity index (χ1n) is 3.78. The van der Waals surface area contributed by atoms with E-state index in [-0.39, 0.29) is 0 Å². The molecule has 1 saturated carbocycles. The molecular formula is C8H13P. The van der Waals surface area contributed by atoms with Gasteiger partial charge in [-0.15, -0.1) is 9.24 Å². The van der Waals surface area contributed by atoms with Crippen molar-refractivity contribution in [3.05, 3.63) is 12.2 Å². The maximum absolute atomic E-state index is 2.86. The van der Waals surface area contributed by atoms with Gasteiger partial charge in [0.15, 0.2) is 0 Å². The molecule has 2 aliphatic carbocycles. The van der Waals surface area contributed by atoms with Gasteiger partial charge in [0.2, 0.25) is 0 Å². The molecule has 0 nitrogen and oxygen atoms in total. The average molecular weight is 140 g/mol. The summed E-state index contributed by atoms with van der Waals surface area (Å²) in [5, 5.41) is 0. The van der Waals surface area contributed by atoms with E-state index in [4.69, 9.17) is 0 Å². The van der Waals surface area contributed by atoms with Gasteiger partial charge in [-0.1, -0.05) is 12.2 Å². The van der Waals surface area contributed by atoms with E-state index < -0.39 is 0 Å². The fraction of sp³-hybridized carbons (Fsp3) is 0.750. The molecule has 0 heterocycles. The van der Waals surface area contributed by atoms with Gasteiger partial charge in [-0.05, 0) is 36.8 Å². The van der Waals surface area contributed by atoms with Crippen LogP contribution in [0.1, 0.15) is 12.8 Å². The summed E-state index contributed by atoms with van der Waals surface area (Å²) in [5.41, 5.74) is 0. The number of allylic oxidation sites excluding steroid dienone is 2. The summed E-state index contributed by atoms with van der Waals surface area (Å²) in [6.45, 7) is 0. The van der Waals surface area contributed by atoms with Crippen LogP contribution in [0.15, 0.2) is 12.2 Å². The van der Waals surface area contributed by atoms with Gasteiger partial charge >= 0.3 is 0 Å². The summed E-state index contributed by atoms with van der Waals surface area (Å²) in [6, 6.07) is 0. The number of hydrogen-bond acceptors (Lipinski definition) is 0. The predicted molar refractivity (Wildman–Crippen MR) is 43.4 cm³/mol. The number of rotatable bonds is 1. The Labute approximate surface area is 58.9 Å². The second-order valence-corrected chi connectivity index (χ2v) is 3.75. The van der Waals surface area contributed by atoms with E-state index in [0.29, 0.717) is 0 Å². The van der Waals surface area contributed by atoms with Gasteiger partial charge in [-0.25, -0.2) is 0 Å². The lowest BCUT2D eigenvalue weighted by Gasteiger charge is -2.14. The van der Waals surface area contributed by atoms with Crippen molar-refractivity contribution in [1.82, 2.24) is 0 Å². The van der Waals surface area contributed by atoms with E-state index in [1.807, 2.05) is 0 Å². The molecule has 0 aromatic carbocycles. The van der Waals surface area contributed by atoms with E-state index >= 15 is 0 Å². The molecule has 1 fully saturated rings. The Morgan fingerprint density at radius 2 is 2.22 bits per heavy atom. The highest BCUT2D eigenvalue weighted by Gasteiger charge is 2.33. The molecule has 9 heavy (non-hydrogen) atoms. The smallest absolute Gasteiger partial charge is 0.0196 e. The SMILES string of the molecule is PC[C@@H]1CC2C=CC1C2. The molecular weight excluding hydrogens is 127 g/mol. The van der Waals surface area contributed by atoms with Crippen molar-refractivity contribution < 1.29 is 0 Å². The van der Waals surface area contributed by atoms with Crippen LogP contribution in [0.25, 0.3) is 0 Å². The van der Waals surface area contributed by atoms with Gasteiger partial charge in [-0.3, -0.25) is 0 Å². The lowest BCUT2D eigenvalue weighted by Crippen LogP contribution is -2.07. The first-order chi connectivity index (χ1) is 4.40. The molecule has 0 radical (unpaired) electrons. The van der Waals surface area contributed by atoms with Crippen LogP contribution in [0.3, 0.4) is 0 Å². The Morgan fingerprint density at radius 1 is 1.33 bits per heavy atom. The number of fused-ring (bicyclic) bond motifs is 2. The molecule has 1 heteroatoms. The summed E-state index contributed by atoms with van der Waals surface area (Å²) in [6.07, 6.45) is 9.06. The van der Waals surface area contributed by atoms with Crippen molar-refractivity contribution in [3.8, 4) is 0 Å². The van der Waals surface area contributed by atoms with Gasteiger partial charge in [0.25, 0.3) is 0 Å². The third kappa shape index (κ3) is 0.846. The minimum atomic E-state index is 0.951. The zero-order valence-electron chi connectivity index (χ0n) is 5.59. The Hall–Kier alpha value is 0.170. The normalized spacial score (nSPS) is 46.6. The maximum atomic E-state index is 2.86. The fourth-order valence-electron chi connectivity index (χ4n) is 2.17. The predicted octanol–water partition coefficient (Wildman–Crippen LogP) is 2.07. The Bertz CT molecular complexity index is 140. The molecule has 2 rings (SSSR count). The maximum Gasteiger partial charge on any atom is -0.0196 e. The molecule has 0 saturated heterocycles. The quantitative estimate of drug-likeness (QED) is 0.386. The summed E-state index contributed by atoms with van der Waals surface area (Å²) in [5.74, 6) is 2.91. The zero-order chi connectivity index (χ0) is 6.27. The Morgan fingerprint density at radius 3 is 2.56 bits per heavy atom. The summed E-state index contributed by atoms with van der Waals surface area (Å²) >= 11 is 0. The van der Waals surface area contributed by atoms with Crippen molar-refractivity contribution in [2.45, 2.75) is 12.8 Å². The van der Waals surface area contributed by atoms with E-state index in [0.717, 1.165) is 17.8 Å². The van der Waals surface area contributed by atoms with Gasteiger partial charge in [-0.2, -0.15) is 0 Å². The largest absolute Gasteiger partial charge is 0.137 e. The lowest BCUT2D eigenvalue weighted by atomic mass is 9.96. The van der Waals surface area contributed by atoms with Crippen LogP contribution in [-0.2, 0) is 0 Å². The van der Waals surface area contributed by atoms with E-state index in [9.17, 15) is 0 Å². The third-order valence-corrected chi connectivity index (χ3v) is 3.32.